The number of hydrogen-bond donors (Lipinski definition) is 1. The lowest BCUT2D eigenvalue weighted by Crippen LogP contribution is -2.18. The fourth-order valence-electron chi connectivity index (χ4n) is 2.91. The summed E-state index contributed by atoms with van der Waals surface area (Å²) in [6.45, 7) is 2.00. The first-order valence-electron chi connectivity index (χ1n) is 7.99. The maximum Gasteiger partial charge on any atom is 0.178 e. The van der Waals surface area contributed by atoms with Crippen LogP contribution in [0.2, 0.25) is 0 Å². The van der Waals surface area contributed by atoms with E-state index in [9.17, 15) is 0 Å². The average molecular weight is 583 g/mol. The van der Waals surface area contributed by atoms with Crippen LogP contribution in [0, 0.1) is 7.14 Å². The molecule has 2 aromatic rings. The predicted octanol–water partition coefficient (Wildman–Crippen LogP) is 4.49. The Morgan fingerprint density at radius 2 is 1.35 bits per heavy atom. The molecule has 7 heteroatoms. The Hall–Kier alpha value is -0.940. The molecule has 0 spiro atoms. The summed E-state index contributed by atoms with van der Waals surface area (Å²) >= 11 is 4.53. The van der Waals surface area contributed by atoms with Gasteiger partial charge in [-0.2, -0.15) is 0 Å². The molecule has 1 unspecified atom stereocenters. The maximum absolute atomic E-state index is 6.01. The summed E-state index contributed by atoms with van der Waals surface area (Å²) in [6, 6.07) is 6.22. The van der Waals surface area contributed by atoms with Crippen LogP contribution in [0.15, 0.2) is 18.2 Å². The second kappa shape index (κ2) is 9.32. The summed E-state index contributed by atoms with van der Waals surface area (Å²) < 4.78 is 24.6. The molecule has 5 nitrogen and oxygen atoms in total. The van der Waals surface area contributed by atoms with Crippen LogP contribution >= 0.6 is 45.2 Å². The Morgan fingerprint density at radius 3 is 1.77 bits per heavy atom. The molecule has 0 aliphatic carbocycles. The second-order valence-electron chi connectivity index (χ2n) is 5.78. The third-order valence-corrected chi connectivity index (χ3v) is 6.23. The van der Waals surface area contributed by atoms with E-state index >= 15 is 0 Å². The quantitative estimate of drug-likeness (QED) is 0.488. The van der Waals surface area contributed by atoms with Gasteiger partial charge in [0, 0.05) is 15.2 Å². The zero-order valence-electron chi connectivity index (χ0n) is 15.5. The van der Waals surface area contributed by atoms with Crippen molar-refractivity contribution in [3.8, 4) is 34.1 Å². The highest BCUT2D eigenvalue weighted by atomic mass is 127. The van der Waals surface area contributed by atoms with Crippen LogP contribution in [-0.4, -0.2) is 34.5 Å². The normalized spacial score (nSPS) is 11.8. The summed E-state index contributed by atoms with van der Waals surface area (Å²) in [5.41, 5.74) is 8.99. The van der Waals surface area contributed by atoms with Crippen LogP contribution in [0.25, 0.3) is 11.1 Å². The molecule has 1 atom stereocenters. The Labute approximate surface area is 181 Å². The minimum Gasteiger partial charge on any atom is -0.492 e. The lowest BCUT2D eigenvalue weighted by molar-refractivity contribution is 0.327. The Balaban J connectivity index is 2.89. The molecule has 2 aromatic carbocycles. The molecule has 0 heterocycles. The van der Waals surface area contributed by atoms with Gasteiger partial charge in [0.2, 0.25) is 0 Å². The molecule has 0 radical (unpaired) electrons. The number of methoxy groups -OCH3 is 4. The number of nitrogens with two attached hydrogens (primary N) is 1. The maximum atomic E-state index is 6.01. The fourth-order valence-corrected chi connectivity index (χ4v) is 4.69. The van der Waals surface area contributed by atoms with E-state index in [4.69, 9.17) is 24.7 Å². The zero-order valence-corrected chi connectivity index (χ0v) is 19.8. The lowest BCUT2D eigenvalue weighted by atomic mass is 9.97. The molecular formula is C19H23I2NO4. The number of benzene rings is 2. The van der Waals surface area contributed by atoms with E-state index in [2.05, 4.69) is 51.2 Å². The summed E-state index contributed by atoms with van der Waals surface area (Å²) in [5, 5.41) is 0. The molecule has 2 N–H and O–H groups in total. The topological polar surface area (TPSA) is 62.9 Å². The molecule has 0 bridgehead atoms. The van der Waals surface area contributed by atoms with E-state index in [0.717, 1.165) is 24.7 Å². The van der Waals surface area contributed by atoms with Crippen molar-refractivity contribution in [2.24, 2.45) is 5.73 Å². The zero-order chi connectivity index (χ0) is 19.4. The molecule has 0 fully saturated rings. The van der Waals surface area contributed by atoms with Gasteiger partial charge in [-0.3, -0.25) is 0 Å². The van der Waals surface area contributed by atoms with Gasteiger partial charge in [-0.15, -0.1) is 0 Å². The molecular weight excluding hydrogens is 560 g/mol. The van der Waals surface area contributed by atoms with Crippen molar-refractivity contribution in [2.75, 3.05) is 28.4 Å². The van der Waals surface area contributed by atoms with Crippen molar-refractivity contribution in [2.45, 2.75) is 19.4 Å². The van der Waals surface area contributed by atoms with E-state index in [-0.39, 0.29) is 6.04 Å². The predicted molar refractivity (Wildman–Crippen MR) is 121 cm³/mol. The van der Waals surface area contributed by atoms with E-state index in [1.54, 1.807) is 28.4 Å². The smallest absolute Gasteiger partial charge is 0.178 e. The Kier molecular flexibility index (Phi) is 7.65. The van der Waals surface area contributed by atoms with Crippen LogP contribution < -0.4 is 24.7 Å². The largest absolute Gasteiger partial charge is 0.492 e. The molecule has 0 saturated heterocycles. The highest BCUT2D eigenvalue weighted by molar-refractivity contribution is 14.1. The number of ether oxygens (including phenoxy) is 4. The van der Waals surface area contributed by atoms with Crippen LogP contribution in [0.1, 0.15) is 12.5 Å². The first-order chi connectivity index (χ1) is 12.4. The van der Waals surface area contributed by atoms with Crippen molar-refractivity contribution in [1.29, 1.82) is 0 Å². The first-order valence-corrected chi connectivity index (χ1v) is 10.2. The SMILES string of the molecule is COc1c(I)c(OC)c(OC)c(-c2cccc(CC(C)N)c2I)c1OC. The third kappa shape index (κ3) is 3.99. The van der Waals surface area contributed by atoms with E-state index in [1.807, 2.05) is 19.1 Å². The van der Waals surface area contributed by atoms with Gasteiger partial charge in [-0.05, 0) is 64.1 Å². The van der Waals surface area contributed by atoms with Gasteiger partial charge in [-0.1, -0.05) is 18.2 Å². The van der Waals surface area contributed by atoms with Gasteiger partial charge < -0.3 is 24.7 Å². The van der Waals surface area contributed by atoms with Gasteiger partial charge >= 0.3 is 0 Å². The van der Waals surface area contributed by atoms with Crippen LogP contribution in [0.5, 0.6) is 23.0 Å². The van der Waals surface area contributed by atoms with Crippen molar-refractivity contribution >= 4 is 45.2 Å². The van der Waals surface area contributed by atoms with Crippen LogP contribution in [-0.2, 0) is 6.42 Å². The van der Waals surface area contributed by atoms with Crippen LogP contribution in [0.3, 0.4) is 0 Å². The van der Waals surface area contributed by atoms with E-state index in [0.29, 0.717) is 23.0 Å². The number of rotatable bonds is 7. The average Bonchev–Trinajstić information content (AvgIpc) is 2.62. The molecule has 0 saturated carbocycles. The third-order valence-electron chi connectivity index (χ3n) is 3.97. The minimum atomic E-state index is 0.0725. The molecule has 0 aliphatic heterocycles. The van der Waals surface area contributed by atoms with E-state index in [1.165, 1.54) is 5.56 Å². The summed E-state index contributed by atoms with van der Waals surface area (Å²) in [4.78, 5) is 0. The van der Waals surface area contributed by atoms with Crippen molar-refractivity contribution in [3.05, 3.63) is 30.9 Å². The number of halogens is 2. The molecule has 2 rings (SSSR count). The van der Waals surface area contributed by atoms with Crippen LogP contribution in [0.4, 0.5) is 0 Å². The summed E-state index contributed by atoms with van der Waals surface area (Å²) in [5.74, 6) is 2.47. The standard InChI is InChI=1S/C19H23I2NO4/c1-10(22)9-11-7-6-8-12(14(11)20)13-16(23-2)18(25-4)15(21)19(26-5)17(13)24-3/h6-8,10H,9,22H2,1-5H3. The van der Waals surface area contributed by atoms with Crippen molar-refractivity contribution < 1.29 is 18.9 Å². The van der Waals surface area contributed by atoms with Crippen molar-refractivity contribution in [3.63, 3.8) is 0 Å². The fraction of sp³-hybridized carbons (Fsp3) is 0.368. The monoisotopic (exact) mass is 583 g/mol. The molecule has 142 valence electrons. The van der Waals surface area contributed by atoms with Gasteiger partial charge in [0.25, 0.3) is 0 Å². The van der Waals surface area contributed by atoms with E-state index < -0.39 is 0 Å². The molecule has 0 aromatic heterocycles. The minimum absolute atomic E-state index is 0.0725. The molecule has 0 aliphatic rings. The molecule has 26 heavy (non-hydrogen) atoms. The second-order valence-corrected chi connectivity index (χ2v) is 7.94. The summed E-state index contributed by atoms with van der Waals surface area (Å²) in [6.07, 6.45) is 0.787. The van der Waals surface area contributed by atoms with Gasteiger partial charge in [0.05, 0.1) is 34.0 Å². The Morgan fingerprint density at radius 1 is 0.846 bits per heavy atom. The molecule has 0 amide bonds. The summed E-state index contributed by atoms with van der Waals surface area (Å²) in [7, 11) is 6.49. The van der Waals surface area contributed by atoms with Crippen molar-refractivity contribution in [1.82, 2.24) is 0 Å². The van der Waals surface area contributed by atoms with Gasteiger partial charge in [0.15, 0.2) is 23.0 Å². The highest BCUT2D eigenvalue weighted by Crippen LogP contribution is 2.54. The Bertz CT molecular complexity index is 761. The number of hydrogen-bond acceptors (Lipinski definition) is 5. The van der Waals surface area contributed by atoms with Gasteiger partial charge in [0.1, 0.15) is 3.57 Å². The highest BCUT2D eigenvalue weighted by Gasteiger charge is 2.28. The lowest BCUT2D eigenvalue weighted by Gasteiger charge is -2.22. The first kappa shape index (κ1) is 21.4. The van der Waals surface area contributed by atoms with Gasteiger partial charge in [-0.25, -0.2) is 0 Å².